The lowest BCUT2D eigenvalue weighted by Gasteiger charge is -2.35. The number of rotatable bonds is 5. The lowest BCUT2D eigenvalue weighted by molar-refractivity contribution is -0.140. The molecular formula is C21H30N2O5. The maximum atomic E-state index is 12.3. The van der Waals surface area contributed by atoms with Crippen molar-refractivity contribution < 1.29 is 23.9 Å². The van der Waals surface area contributed by atoms with Gasteiger partial charge in [0, 0.05) is 30.6 Å². The summed E-state index contributed by atoms with van der Waals surface area (Å²) in [5, 5.41) is 2.95. The molecule has 154 valence electrons. The minimum atomic E-state index is -0.768. The molecule has 0 aliphatic carbocycles. The fourth-order valence-corrected chi connectivity index (χ4v) is 3.07. The normalized spacial score (nSPS) is 15.1. The second kappa shape index (κ2) is 9.57. The van der Waals surface area contributed by atoms with E-state index in [4.69, 9.17) is 9.47 Å². The van der Waals surface area contributed by atoms with Crippen LogP contribution >= 0.6 is 0 Å². The van der Waals surface area contributed by atoms with Crippen LogP contribution < -0.4 is 10.1 Å². The lowest BCUT2D eigenvalue weighted by Crippen LogP contribution is -2.45. The topological polar surface area (TPSA) is 84.9 Å². The van der Waals surface area contributed by atoms with E-state index in [1.807, 2.05) is 25.7 Å². The average molecular weight is 390 g/mol. The maximum absolute atomic E-state index is 12.3. The molecule has 0 saturated carbocycles. The molecule has 0 atom stereocenters. The van der Waals surface area contributed by atoms with Crippen LogP contribution in [-0.2, 0) is 9.53 Å². The van der Waals surface area contributed by atoms with Gasteiger partial charge in [0.25, 0.3) is 5.91 Å². The zero-order valence-electron chi connectivity index (χ0n) is 17.1. The van der Waals surface area contributed by atoms with E-state index < -0.39 is 6.16 Å². The van der Waals surface area contributed by atoms with Gasteiger partial charge in [0.1, 0.15) is 5.75 Å². The van der Waals surface area contributed by atoms with Crippen molar-refractivity contribution in [1.29, 1.82) is 0 Å². The summed E-state index contributed by atoms with van der Waals surface area (Å²) in [7, 11) is 0. The summed E-state index contributed by atoms with van der Waals surface area (Å²) in [5.74, 6) is 0.696. The molecule has 1 N–H and O–H groups in total. The number of nitrogens with zero attached hydrogens (tertiary/aromatic N) is 1. The van der Waals surface area contributed by atoms with Crippen LogP contribution in [0.1, 0.15) is 50.9 Å². The van der Waals surface area contributed by atoms with Crippen molar-refractivity contribution in [2.75, 3.05) is 26.2 Å². The highest BCUT2D eigenvalue weighted by molar-refractivity contribution is 5.94. The Bertz CT molecular complexity index is 686. The molecule has 0 spiro atoms. The zero-order chi connectivity index (χ0) is 20.7. The third-order valence-electron chi connectivity index (χ3n) is 4.67. The molecule has 1 fully saturated rings. The number of benzene rings is 1. The number of likely N-dealkylation sites (tertiary alicyclic amines) is 1. The van der Waals surface area contributed by atoms with Gasteiger partial charge < -0.3 is 19.7 Å². The van der Waals surface area contributed by atoms with E-state index in [2.05, 4.69) is 5.32 Å². The number of carbonyl (C=O) groups excluding carboxylic acids is 3. The predicted octanol–water partition coefficient (Wildman–Crippen LogP) is 3.24. The molecule has 0 aromatic heterocycles. The predicted molar refractivity (Wildman–Crippen MR) is 105 cm³/mol. The molecule has 1 aromatic rings. The zero-order valence-corrected chi connectivity index (χ0v) is 17.1. The first-order valence-corrected chi connectivity index (χ1v) is 9.73. The Kier molecular flexibility index (Phi) is 7.43. The molecule has 1 aromatic carbocycles. The minimum absolute atomic E-state index is 0.170. The smallest absolute Gasteiger partial charge is 0.434 e. The van der Waals surface area contributed by atoms with E-state index in [1.54, 1.807) is 31.2 Å². The van der Waals surface area contributed by atoms with Crippen LogP contribution in [0.25, 0.3) is 0 Å². The highest BCUT2D eigenvalue weighted by Crippen LogP contribution is 2.23. The molecular weight excluding hydrogens is 360 g/mol. The van der Waals surface area contributed by atoms with Crippen molar-refractivity contribution in [3.05, 3.63) is 29.8 Å². The molecule has 2 rings (SSSR count). The highest BCUT2D eigenvalue weighted by atomic mass is 16.7. The van der Waals surface area contributed by atoms with Crippen LogP contribution in [-0.4, -0.2) is 49.1 Å². The van der Waals surface area contributed by atoms with Crippen molar-refractivity contribution in [3.8, 4) is 5.75 Å². The van der Waals surface area contributed by atoms with Crippen LogP contribution in [0.4, 0.5) is 4.79 Å². The summed E-state index contributed by atoms with van der Waals surface area (Å²) in [4.78, 5) is 37.8. The SMILES string of the molecule is CCOC(=O)Oc1ccc(C(=O)NCC2CCN(C(=O)C(C)(C)C)CC2)cc1. The molecule has 1 saturated heterocycles. The molecule has 0 bridgehead atoms. The Morgan fingerprint density at radius 1 is 1.11 bits per heavy atom. The Morgan fingerprint density at radius 2 is 1.71 bits per heavy atom. The third kappa shape index (κ3) is 6.25. The van der Waals surface area contributed by atoms with E-state index in [-0.39, 0.29) is 23.8 Å². The van der Waals surface area contributed by atoms with Crippen LogP contribution in [0.5, 0.6) is 5.75 Å². The van der Waals surface area contributed by atoms with Crippen molar-refractivity contribution in [2.24, 2.45) is 11.3 Å². The number of ether oxygens (including phenoxy) is 2. The molecule has 28 heavy (non-hydrogen) atoms. The van der Waals surface area contributed by atoms with Crippen molar-refractivity contribution in [3.63, 3.8) is 0 Å². The standard InChI is InChI=1S/C21H30N2O5/c1-5-27-20(26)28-17-8-6-16(7-9-17)18(24)22-14-15-10-12-23(13-11-15)19(25)21(2,3)4/h6-9,15H,5,10-14H2,1-4H3,(H,22,24). The van der Waals surface area contributed by atoms with Gasteiger partial charge >= 0.3 is 6.16 Å². The fraction of sp³-hybridized carbons (Fsp3) is 0.571. The molecule has 0 unspecified atom stereocenters. The molecule has 2 amide bonds. The van der Waals surface area contributed by atoms with Gasteiger partial charge in [0.2, 0.25) is 5.91 Å². The first kappa shape index (κ1) is 21.7. The van der Waals surface area contributed by atoms with E-state index in [0.717, 1.165) is 25.9 Å². The average Bonchev–Trinajstić information content (AvgIpc) is 2.66. The van der Waals surface area contributed by atoms with E-state index in [0.29, 0.717) is 23.8 Å². The van der Waals surface area contributed by atoms with Gasteiger partial charge in [-0.25, -0.2) is 4.79 Å². The number of hydrogen-bond acceptors (Lipinski definition) is 5. The van der Waals surface area contributed by atoms with E-state index in [9.17, 15) is 14.4 Å². The maximum Gasteiger partial charge on any atom is 0.513 e. The lowest BCUT2D eigenvalue weighted by atomic mass is 9.91. The van der Waals surface area contributed by atoms with Gasteiger partial charge in [-0.15, -0.1) is 0 Å². The summed E-state index contributed by atoms with van der Waals surface area (Å²) in [6, 6.07) is 6.33. The summed E-state index contributed by atoms with van der Waals surface area (Å²) in [5.41, 5.74) is 0.140. The quantitative estimate of drug-likeness (QED) is 0.616. The van der Waals surface area contributed by atoms with Crippen molar-refractivity contribution in [1.82, 2.24) is 10.2 Å². The summed E-state index contributed by atoms with van der Waals surface area (Å²) >= 11 is 0. The minimum Gasteiger partial charge on any atom is -0.434 e. The summed E-state index contributed by atoms with van der Waals surface area (Å²) < 4.78 is 9.68. The molecule has 0 radical (unpaired) electrons. The Morgan fingerprint density at radius 3 is 2.25 bits per heavy atom. The molecule has 7 heteroatoms. The molecule has 1 heterocycles. The van der Waals surface area contributed by atoms with Crippen molar-refractivity contribution in [2.45, 2.75) is 40.5 Å². The second-order valence-corrected chi connectivity index (χ2v) is 8.01. The largest absolute Gasteiger partial charge is 0.513 e. The van der Waals surface area contributed by atoms with Gasteiger partial charge in [-0.2, -0.15) is 0 Å². The van der Waals surface area contributed by atoms with E-state index in [1.165, 1.54) is 0 Å². The summed E-state index contributed by atoms with van der Waals surface area (Å²) in [6.45, 7) is 9.79. The van der Waals surface area contributed by atoms with Gasteiger partial charge in [-0.1, -0.05) is 20.8 Å². The Hall–Kier alpha value is -2.57. The molecule has 7 nitrogen and oxygen atoms in total. The van der Waals surface area contributed by atoms with Crippen LogP contribution in [0, 0.1) is 11.3 Å². The Labute approximate surface area is 166 Å². The monoisotopic (exact) mass is 390 g/mol. The third-order valence-corrected chi connectivity index (χ3v) is 4.67. The first-order chi connectivity index (χ1) is 13.2. The molecule has 1 aliphatic heterocycles. The van der Waals surface area contributed by atoms with E-state index >= 15 is 0 Å². The number of carbonyl (C=O) groups is 3. The fourth-order valence-electron chi connectivity index (χ4n) is 3.07. The second-order valence-electron chi connectivity index (χ2n) is 8.01. The molecule has 1 aliphatic rings. The van der Waals surface area contributed by atoms with Gasteiger partial charge in [-0.3, -0.25) is 9.59 Å². The van der Waals surface area contributed by atoms with Crippen LogP contribution in [0.3, 0.4) is 0 Å². The Balaban J connectivity index is 1.77. The number of amides is 2. The summed E-state index contributed by atoms with van der Waals surface area (Å²) in [6.07, 6.45) is 0.999. The number of piperidine rings is 1. The van der Waals surface area contributed by atoms with Gasteiger partial charge in [0.15, 0.2) is 0 Å². The van der Waals surface area contributed by atoms with Crippen LogP contribution in [0.2, 0.25) is 0 Å². The first-order valence-electron chi connectivity index (χ1n) is 9.73. The van der Waals surface area contributed by atoms with Crippen molar-refractivity contribution >= 4 is 18.0 Å². The van der Waals surface area contributed by atoms with Gasteiger partial charge in [-0.05, 0) is 49.9 Å². The highest BCUT2D eigenvalue weighted by Gasteiger charge is 2.30. The van der Waals surface area contributed by atoms with Crippen LogP contribution in [0.15, 0.2) is 24.3 Å². The number of nitrogens with one attached hydrogen (secondary N) is 1. The number of hydrogen-bond donors (Lipinski definition) is 1. The van der Waals surface area contributed by atoms with Gasteiger partial charge in [0.05, 0.1) is 6.61 Å².